The van der Waals surface area contributed by atoms with Gasteiger partial charge in [0.05, 0.1) is 5.69 Å². The smallest absolute Gasteiger partial charge is 0.339 e. The topological polar surface area (TPSA) is 63.3 Å². The zero-order valence-corrected chi connectivity index (χ0v) is 8.64. The highest BCUT2D eigenvalue weighted by Crippen LogP contribution is 2.39. The minimum absolute atomic E-state index is 0.190. The van der Waals surface area contributed by atoms with Gasteiger partial charge in [-0.15, -0.1) is 0 Å². The average Bonchev–Trinajstić information content (AvgIpc) is 2.59. The van der Waals surface area contributed by atoms with Crippen molar-refractivity contribution in [2.75, 3.05) is 0 Å². The zero-order valence-electron chi connectivity index (χ0n) is 8.64. The first kappa shape index (κ1) is 9.39. The molecule has 1 saturated carbocycles. The van der Waals surface area contributed by atoms with Gasteiger partial charge in [0.15, 0.2) is 5.58 Å². The van der Waals surface area contributed by atoms with Gasteiger partial charge in [-0.1, -0.05) is 17.6 Å². The van der Waals surface area contributed by atoms with Crippen molar-refractivity contribution in [2.45, 2.75) is 25.2 Å². The van der Waals surface area contributed by atoms with Crippen LogP contribution in [0.5, 0.6) is 0 Å². The molecule has 1 N–H and O–H groups in total. The Kier molecular flexibility index (Phi) is 1.96. The second-order valence-corrected chi connectivity index (χ2v) is 4.18. The van der Waals surface area contributed by atoms with Gasteiger partial charge in [0.1, 0.15) is 5.56 Å². The van der Waals surface area contributed by atoms with Gasteiger partial charge in [-0.05, 0) is 25.0 Å². The summed E-state index contributed by atoms with van der Waals surface area (Å²) in [5, 5.41) is 13.9. The highest BCUT2D eigenvalue weighted by Gasteiger charge is 2.26. The third kappa shape index (κ3) is 1.23. The van der Waals surface area contributed by atoms with Crippen molar-refractivity contribution in [2.24, 2.45) is 0 Å². The Bertz CT molecular complexity index is 554. The molecule has 1 fully saturated rings. The summed E-state index contributed by atoms with van der Waals surface area (Å²) in [6, 6.07) is 5.16. The summed E-state index contributed by atoms with van der Waals surface area (Å²) in [5.74, 6) is -0.521. The minimum atomic E-state index is -0.970. The fourth-order valence-corrected chi connectivity index (χ4v) is 2.13. The van der Waals surface area contributed by atoms with Crippen molar-refractivity contribution in [3.63, 3.8) is 0 Å². The van der Waals surface area contributed by atoms with E-state index in [-0.39, 0.29) is 5.56 Å². The van der Waals surface area contributed by atoms with Crippen molar-refractivity contribution in [3.8, 4) is 0 Å². The first-order valence-corrected chi connectivity index (χ1v) is 5.39. The predicted octanol–water partition coefficient (Wildman–Crippen LogP) is 2.79. The van der Waals surface area contributed by atoms with E-state index >= 15 is 0 Å². The fourth-order valence-electron chi connectivity index (χ4n) is 2.13. The van der Waals surface area contributed by atoms with Gasteiger partial charge in [0.25, 0.3) is 0 Å². The maximum absolute atomic E-state index is 11.0. The van der Waals surface area contributed by atoms with Crippen molar-refractivity contribution in [1.82, 2.24) is 5.16 Å². The Hall–Kier alpha value is -1.84. The summed E-state index contributed by atoms with van der Waals surface area (Å²) in [6.45, 7) is 0. The molecule has 1 aliphatic carbocycles. The quantitative estimate of drug-likeness (QED) is 0.840. The molecule has 0 atom stereocenters. The van der Waals surface area contributed by atoms with Gasteiger partial charge < -0.3 is 9.63 Å². The summed E-state index contributed by atoms with van der Waals surface area (Å²) >= 11 is 0. The van der Waals surface area contributed by atoms with Gasteiger partial charge in [-0.2, -0.15) is 0 Å². The Balaban J connectivity index is 2.19. The normalized spacial score (nSPS) is 16.2. The van der Waals surface area contributed by atoms with Gasteiger partial charge in [-0.25, -0.2) is 4.79 Å². The number of rotatable bonds is 2. The van der Waals surface area contributed by atoms with Gasteiger partial charge >= 0.3 is 5.97 Å². The molecule has 1 aromatic carbocycles. The monoisotopic (exact) mass is 217 g/mol. The largest absolute Gasteiger partial charge is 0.478 e. The van der Waals surface area contributed by atoms with E-state index in [2.05, 4.69) is 5.16 Å². The Morgan fingerprint density at radius 1 is 1.44 bits per heavy atom. The van der Waals surface area contributed by atoms with Crippen molar-refractivity contribution >= 4 is 16.9 Å². The first-order chi connectivity index (χ1) is 7.77. The third-order valence-electron chi connectivity index (χ3n) is 3.25. The maximum Gasteiger partial charge on any atom is 0.339 e. The molecule has 16 heavy (non-hydrogen) atoms. The Labute approximate surface area is 91.9 Å². The molecule has 4 nitrogen and oxygen atoms in total. The van der Waals surface area contributed by atoms with Crippen LogP contribution in [-0.2, 0) is 0 Å². The molecule has 1 aliphatic rings. The second kappa shape index (κ2) is 3.33. The van der Waals surface area contributed by atoms with E-state index in [1.54, 1.807) is 12.1 Å². The molecule has 4 heteroatoms. The summed E-state index contributed by atoms with van der Waals surface area (Å²) in [4.78, 5) is 11.0. The number of carbonyl (C=O) groups is 1. The van der Waals surface area contributed by atoms with Crippen LogP contribution in [0.1, 0.15) is 41.2 Å². The van der Waals surface area contributed by atoms with E-state index in [1.165, 1.54) is 6.42 Å². The number of carboxylic acid groups (broad SMARTS) is 1. The standard InChI is InChI=1S/C12H11NO3/c14-12(15)9-6-2-5-8-10(7-3-1-4-7)13-16-11(8)9/h2,5-7H,1,3-4H2,(H,14,15). The Morgan fingerprint density at radius 2 is 2.25 bits per heavy atom. The summed E-state index contributed by atoms with van der Waals surface area (Å²) < 4.78 is 5.17. The van der Waals surface area contributed by atoms with Crippen LogP contribution in [0.4, 0.5) is 0 Å². The number of aromatic nitrogens is 1. The zero-order chi connectivity index (χ0) is 11.1. The summed E-state index contributed by atoms with van der Waals surface area (Å²) in [7, 11) is 0. The summed E-state index contributed by atoms with van der Waals surface area (Å²) in [6.07, 6.45) is 3.47. The molecule has 0 saturated heterocycles. The SMILES string of the molecule is O=C(O)c1cccc2c(C3CCC3)noc12. The van der Waals surface area contributed by atoms with E-state index in [4.69, 9.17) is 9.63 Å². The first-order valence-electron chi connectivity index (χ1n) is 5.39. The maximum atomic E-state index is 11.0. The van der Waals surface area contributed by atoms with E-state index in [0.717, 1.165) is 23.9 Å². The van der Waals surface area contributed by atoms with Crippen LogP contribution in [0.15, 0.2) is 22.7 Å². The Morgan fingerprint density at radius 3 is 2.88 bits per heavy atom. The number of hydrogen-bond acceptors (Lipinski definition) is 3. The average molecular weight is 217 g/mol. The molecule has 82 valence electrons. The van der Waals surface area contributed by atoms with Gasteiger partial charge in [-0.3, -0.25) is 0 Å². The number of carboxylic acids is 1. The fraction of sp³-hybridized carbons (Fsp3) is 0.333. The number of aromatic carboxylic acids is 1. The molecule has 1 heterocycles. The molecule has 0 radical (unpaired) electrons. The molecular formula is C12H11NO3. The molecule has 0 amide bonds. The number of para-hydroxylation sites is 1. The number of benzene rings is 1. The minimum Gasteiger partial charge on any atom is -0.478 e. The molecule has 0 unspecified atom stereocenters. The second-order valence-electron chi connectivity index (χ2n) is 4.18. The molecule has 0 aliphatic heterocycles. The van der Waals surface area contributed by atoms with Gasteiger partial charge in [0.2, 0.25) is 0 Å². The lowest BCUT2D eigenvalue weighted by Crippen LogP contribution is -2.09. The van der Waals surface area contributed by atoms with Crippen LogP contribution in [0.2, 0.25) is 0 Å². The molecule has 3 rings (SSSR count). The van der Waals surface area contributed by atoms with E-state index < -0.39 is 5.97 Å². The van der Waals surface area contributed by atoms with Crippen LogP contribution < -0.4 is 0 Å². The number of nitrogens with zero attached hydrogens (tertiary/aromatic N) is 1. The lowest BCUT2D eigenvalue weighted by Gasteiger charge is -2.22. The molecule has 1 aromatic heterocycles. The van der Waals surface area contributed by atoms with Crippen molar-refractivity contribution in [3.05, 3.63) is 29.5 Å². The number of hydrogen-bond donors (Lipinski definition) is 1. The van der Waals surface area contributed by atoms with E-state index in [9.17, 15) is 4.79 Å². The van der Waals surface area contributed by atoms with Crippen LogP contribution in [0.25, 0.3) is 11.0 Å². The highest BCUT2D eigenvalue weighted by atomic mass is 16.5. The van der Waals surface area contributed by atoms with E-state index in [1.807, 2.05) is 6.07 Å². The lowest BCUT2D eigenvalue weighted by atomic mass is 9.82. The number of fused-ring (bicyclic) bond motifs is 1. The highest BCUT2D eigenvalue weighted by molar-refractivity contribution is 6.01. The van der Waals surface area contributed by atoms with Crippen LogP contribution in [0.3, 0.4) is 0 Å². The van der Waals surface area contributed by atoms with Crippen LogP contribution in [-0.4, -0.2) is 16.2 Å². The molecule has 2 aromatic rings. The summed E-state index contributed by atoms with van der Waals surface area (Å²) in [5.41, 5.74) is 1.51. The third-order valence-corrected chi connectivity index (χ3v) is 3.25. The van der Waals surface area contributed by atoms with Crippen LogP contribution in [0, 0.1) is 0 Å². The van der Waals surface area contributed by atoms with Gasteiger partial charge in [0, 0.05) is 11.3 Å². The van der Waals surface area contributed by atoms with E-state index in [0.29, 0.717) is 11.5 Å². The molecular weight excluding hydrogens is 206 g/mol. The predicted molar refractivity (Wildman–Crippen MR) is 57.6 cm³/mol. The van der Waals surface area contributed by atoms with Crippen molar-refractivity contribution < 1.29 is 14.4 Å². The molecule has 0 bridgehead atoms. The van der Waals surface area contributed by atoms with Crippen molar-refractivity contribution in [1.29, 1.82) is 0 Å². The van der Waals surface area contributed by atoms with Crippen LogP contribution >= 0.6 is 0 Å². The lowest BCUT2D eigenvalue weighted by molar-refractivity contribution is 0.0697. The molecule has 0 spiro atoms.